The Hall–Kier alpha value is -7.19. The predicted octanol–water partition coefficient (Wildman–Crippen LogP) is 8.96. The monoisotopic (exact) mass is 1250 g/mol. The Balaban J connectivity index is 0.000000114. The summed E-state index contributed by atoms with van der Waals surface area (Å²) in [6.45, 7) is 19.3. The maximum Gasteiger partial charge on any atom is 0.164 e. The van der Waals surface area contributed by atoms with Crippen molar-refractivity contribution in [3.63, 3.8) is 0 Å². The molecule has 0 saturated carbocycles. The molecule has 5 aliphatic heterocycles. The van der Waals surface area contributed by atoms with Crippen molar-refractivity contribution in [2.75, 3.05) is 0 Å². The third-order valence-corrected chi connectivity index (χ3v) is 19.5. The highest BCUT2D eigenvalue weighted by molar-refractivity contribution is 6.33. The van der Waals surface area contributed by atoms with Crippen LogP contribution >= 0.6 is 11.6 Å². The van der Waals surface area contributed by atoms with Crippen LogP contribution in [-0.4, -0.2) is 136 Å². The summed E-state index contributed by atoms with van der Waals surface area (Å²) in [7, 11) is 0. The van der Waals surface area contributed by atoms with Crippen molar-refractivity contribution in [2.45, 2.75) is 184 Å². The summed E-state index contributed by atoms with van der Waals surface area (Å²) in [6.07, 6.45) is 5.64. The molecule has 11 heterocycles. The highest BCUT2D eigenvalue weighted by atomic mass is 35.5. The van der Waals surface area contributed by atoms with Crippen LogP contribution < -0.4 is 0 Å². The lowest BCUT2D eigenvalue weighted by molar-refractivity contribution is -0.207. The summed E-state index contributed by atoms with van der Waals surface area (Å²) >= 11 is 6.22. The van der Waals surface area contributed by atoms with Gasteiger partial charge < -0.3 is 72.4 Å². The van der Waals surface area contributed by atoms with Gasteiger partial charge in [-0.2, -0.15) is 0 Å². The van der Waals surface area contributed by atoms with Crippen LogP contribution in [-0.2, 0) is 71.7 Å². The Bertz CT molecular complexity index is 4360. The van der Waals surface area contributed by atoms with Gasteiger partial charge in [-0.15, -0.1) is 0 Å². The molecule has 17 rings (SSSR count). The molecule has 5 saturated heterocycles. The Kier molecular flexibility index (Phi) is 15.1. The maximum atomic E-state index is 11.3. The van der Waals surface area contributed by atoms with E-state index in [0.29, 0.717) is 22.0 Å². The fraction of sp³-hybridized carbons (Fsp3) is 0.420. The smallest absolute Gasteiger partial charge is 0.164 e. The Labute approximate surface area is 529 Å². The number of fused-ring (bicyclic) bond motifs is 8. The van der Waals surface area contributed by atoms with Crippen molar-refractivity contribution in [3.05, 3.63) is 190 Å². The number of allylic oxidation sites excluding steroid dienone is 2. The number of hydrogen-bond acceptors (Lipinski definition) is 18. The molecule has 91 heavy (non-hydrogen) atoms. The highest BCUT2D eigenvalue weighted by Crippen LogP contribution is 2.50. The zero-order valence-electron chi connectivity index (χ0n) is 51.2. The summed E-state index contributed by atoms with van der Waals surface area (Å²) in [5.74, 6) is -1.54. The molecule has 0 radical (unpaired) electrons. The second-order valence-corrected chi connectivity index (χ2v) is 26.4. The number of aromatic nitrogens is 9. The summed E-state index contributed by atoms with van der Waals surface area (Å²) in [5, 5.41) is 57.5. The second-order valence-electron chi connectivity index (χ2n) is 26.1. The van der Waals surface area contributed by atoms with Gasteiger partial charge in [-0.3, -0.25) is 0 Å². The average molecular weight is 1250 g/mol. The van der Waals surface area contributed by atoms with Gasteiger partial charge in [0.05, 0.1) is 16.8 Å². The van der Waals surface area contributed by atoms with Crippen LogP contribution in [0.3, 0.4) is 0 Å². The summed E-state index contributed by atoms with van der Waals surface area (Å²) < 4.78 is 49.2. The fourth-order valence-electron chi connectivity index (χ4n) is 14.3. The van der Waals surface area contributed by atoms with E-state index >= 15 is 0 Å². The average Bonchev–Trinajstić information content (AvgIpc) is 1.60. The number of aryl methyl sites for hydroxylation is 6. The number of halogens is 1. The first kappa shape index (κ1) is 60.1. The molecule has 15 atom stereocenters. The molecule has 8 aliphatic rings. The van der Waals surface area contributed by atoms with Crippen LogP contribution in [0.2, 0.25) is 5.15 Å². The highest BCUT2D eigenvalue weighted by Gasteiger charge is 2.60. The minimum atomic E-state index is -1.24. The maximum absolute atomic E-state index is 11.3. The summed E-state index contributed by atoms with van der Waals surface area (Å²) in [4.78, 5) is 25.9. The van der Waals surface area contributed by atoms with Crippen LogP contribution in [0, 0.1) is 0 Å². The molecule has 5 N–H and O–H groups in total. The van der Waals surface area contributed by atoms with E-state index < -0.39 is 97.4 Å². The van der Waals surface area contributed by atoms with Crippen molar-refractivity contribution in [1.29, 1.82) is 0 Å². The van der Waals surface area contributed by atoms with E-state index in [1.165, 1.54) is 46.0 Å². The Morgan fingerprint density at radius 3 is 1.21 bits per heavy atom. The first-order valence-corrected chi connectivity index (χ1v) is 31.4. The van der Waals surface area contributed by atoms with Crippen LogP contribution in [0.25, 0.3) is 44.2 Å². The predicted molar refractivity (Wildman–Crippen MR) is 335 cm³/mol. The number of benzene rings is 3. The molecule has 3 aliphatic carbocycles. The second kappa shape index (κ2) is 22.8. The zero-order valence-corrected chi connectivity index (χ0v) is 52.0. The molecule has 0 unspecified atom stereocenters. The van der Waals surface area contributed by atoms with E-state index in [4.69, 9.17) is 44.8 Å². The molecule has 0 spiro atoms. The number of aliphatic hydroxyl groups excluding tert-OH is 5. The molecule has 472 valence electrons. The van der Waals surface area contributed by atoms with Gasteiger partial charge in [0, 0.05) is 29.4 Å². The van der Waals surface area contributed by atoms with Crippen molar-refractivity contribution in [1.82, 2.24) is 43.6 Å². The molecular weight excluding hydrogens is 1180 g/mol. The van der Waals surface area contributed by atoms with Gasteiger partial charge in [0.15, 0.2) is 30.3 Å². The van der Waals surface area contributed by atoms with Gasteiger partial charge in [-0.1, -0.05) is 79.4 Å². The number of aliphatic hydroxyl groups is 5. The van der Waals surface area contributed by atoms with Gasteiger partial charge >= 0.3 is 0 Å². The fourth-order valence-corrected chi connectivity index (χ4v) is 14.5. The van der Waals surface area contributed by atoms with Gasteiger partial charge in [0.1, 0.15) is 114 Å². The number of ether oxygens (including phenoxy) is 7. The minimum Gasteiger partial charge on any atom is -0.387 e. The molecule has 0 amide bonds. The first-order valence-electron chi connectivity index (χ1n) is 31.0. The van der Waals surface area contributed by atoms with E-state index in [-0.39, 0.29) is 6.10 Å². The zero-order chi connectivity index (χ0) is 63.1. The van der Waals surface area contributed by atoms with E-state index in [1.807, 2.05) is 112 Å². The van der Waals surface area contributed by atoms with Crippen LogP contribution in [0.15, 0.2) is 124 Å². The third kappa shape index (κ3) is 10.4. The van der Waals surface area contributed by atoms with Crippen LogP contribution in [0.1, 0.15) is 140 Å². The largest absolute Gasteiger partial charge is 0.387 e. The summed E-state index contributed by atoms with van der Waals surface area (Å²) in [5.41, 5.74) is 15.4. The van der Waals surface area contributed by atoms with E-state index in [9.17, 15) is 25.5 Å². The Morgan fingerprint density at radius 1 is 0.462 bits per heavy atom. The molecule has 5 fully saturated rings. The minimum absolute atomic E-state index is 0.379. The van der Waals surface area contributed by atoms with Crippen LogP contribution in [0.5, 0.6) is 0 Å². The quantitative estimate of drug-likeness (QED) is 0.0757. The molecular formula is C69H72ClN9O12. The molecule has 3 aromatic carbocycles. The van der Waals surface area contributed by atoms with Crippen molar-refractivity contribution in [3.8, 4) is 0 Å². The third-order valence-electron chi connectivity index (χ3n) is 19.2. The van der Waals surface area contributed by atoms with Crippen LogP contribution in [0.4, 0.5) is 0 Å². The lowest BCUT2D eigenvalue weighted by Gasteiger charge is -2.28. The number of hydrogen-bond donors (Lipinski definition) is 5. The number of rotatable bonds is 11. The lowest BCUT2D eigenvalue weighted by Crippen LogP contribution is -2.35. The lowest BCUT2D eigenvalue weighted by atomic mass is 9.85. The number of nitrogens with zero attached hydrogens (tertiary/aromatic N) is 9. The SMILES string of the molecule is C=C(C)c1ncnc2c1ccn2[C@@H]1O[C@H]([C@H](O)c2ccc3c(c2)CC3)[C@@H](O)[C@H]1O.C=C(C)c1ncnc2c1ccn2[C@@H]1O[C@H]([C@H](O)c2ccc3c(c2)CC3)[C@H]2OC(C)(C)O[C@H]21.CC1(C)O[C@H]2[C@@H](O1)[C@H](n1ccc3c(Cl)ncnc31)O[C@@H]2[C@H](O)c1ccc2c(c1)CC2. The van der Waals surface area contributed by atoms with E-state index in [2.05, 4.69) is 67.3 Å². The van der Waals surface area contributed by atoms with Gasteiger partial charge in [-0.25, -0.2) is 29.9 Å². The van der Waals surface area contributed by atoms with E-state index in [0.717, 1.165) is 94.0 Å². The van der Waals surface area contributed by atoms with Crippen molar-refractivity contribution < 1.29 is 58.7 Å². The molecule has 22 heteroatoms. The normalized spacial score (nSPS) is 28.7. The topological polar surface area (TPSA) is 258 Å². The van der Waals surface area contributed by atoms with Gasteiger partial charge in [-0.05, 0) is 159 Å². The van der Waals surface area contributed by atoms with Crippen molar-refractivity contribution in [2.24, 2.45) is 0 Å². The van der Waals surface area contributed by atoms with Crippen molar-refractivity contribution >= 4 is 55.8 Å². The van der Waals surface area contributed by atoms with Gasteiger partial charge in [0.2, 0.25) is 0 Å². The van der Waals surface area contributed by atoms with E-state index in [1.54, 1.807) is 17.1 Å². The summed E-state index contributed by atoms with van der Waals surface area (Å²) in [6, 6.07) is 23.8. The standard InChI is InChI=1S/C25H27N3O4.C22H22ClN3O4.C22H23N3O4/c1-13(2)18-17-9-10-28(23(17)27-12-26-18)24-22-21(31-25(3,4)32-22)20(30-24)19(29)16-8-6-14-5-7-15(14)11-16;1-22(2)29-17-16(15(27)13-6-4-11-3-5-12(11)9-13)28-21(18(17)30-22)26-8-7-14-19(23)24-10-25-20(14)26;1-11(2)16-15-7-8-25(21(15)24-10-23-16)22-19(28)18(27)20(29-22)17(26)14-6-4-12-3-5-13(12)9-14/h6,8-12,19-22,24,29H,1,5,7H2,2-4H3;4,6-10,15-18,21,27H,3,5H2,1-2H3;4,6-10,17-20,22,26-28H,1,3,5H2,2H3/t19-,20-,21-,22-,24-;15-,16-,17-,18-,21-;17-,18+,19-,20-,22-/m111/s1. The Morgan fingerprint density at radius 2 is 0.813 bits per heavy atom. The molecule has 0 bridgehead atoms. The van der Waals surface area contributed by atoms with Gasteiger partial charge in [0.25, 0.3) is 0 Å². The molecule has 6 aromatic heterocycles. The molecule has 9 aromatic rings. The molecule has 21 nitrogen and oxygen atoms in total. The first-order chi connectivity index (χ1) is 43.7.